The first-order valence-electron chi connectivity index (χ1n) is 10.00. The fourth-order valence-corrected chi connectivity index (χ4v) is 3.61. The van der Waals surface area contributed by atoms with Crippen LogP contribution in [0.25, 0.3) is 4.85 Å². The van der Waals surface area contributed by atoms with E-state index < -0.39 is 29.2 Å². The Morgan fingerprint density at radius 1 is 1.29 bits per heavy atom. The summed E-state index contributed by atoms with van der Waals surface area (Å²) in [5.41, 5.74) is 1.48. The SMILES string of the molecule is [C-]#[N+]c1cc2c(cc1OC)N(Cc1cccc(F)c1)C(=O)C(C(=O)OC(C)(C)C)CC2. The van der Waals surface area contributed by atoms with E-state index in [0.29, 0.717) is 29.1 Å². The number of anilines is 1. The molecule has 0 radical (unpaired) electrons. The minimum Gasteiger partial charge on any atom is -0.508 e. The van der Waals surface area contributed by atoms with Gasteiger partial charge in [0.15, 0.2) is 0 Å². The molecule has 0 aromatic heterocycles. The molecular weight excluding hydrogens is 399 g/mol. The smallest absolute Gasteiger partial charge is 0.319 e. The van der Waals surface area contributed by atoms with Gasteiger partial charge in [-0.05, 0) is 69.0 Å². The number of carbonyl (C=O) groups is 2. The van der Waals surface area contributed by atoms with E-state index in [4.69, 9.17) is 16.0 Å². The Balaban J connectivity index is 2.08. The zero-order chi connectivity index (χ0) is 22.8. The summed E-state index contributed by atoms with van der Waals surface area (Å²) in [7, 11) is 1.45. The fourth-order valence-electron chi connectivity index (χ4n) is 3.61. The standard InChI is InChI=1S/C24H25FN2O4/c1-24(2,3)31-23(29)18-10-9-16-12-19(26-4)21(30-5)13-20(16)27(22(18)28)14-15-7-6-8-17(25)11-15/h6-8,11-13,18H,9-10,14H2,1-3,5H3. The van der Waals surface area contributed by atoms with Crippen LogP contribution in [0.4, 0.5) is 15.8 Å². The second kappa shape index (κ2) is 8.76. The number of benzene rings is 2. The number of hydrogen-bond donors (Lipinski definition) is 0. The lowest BCUT2D eigenvalue weighted by molar-refractivity contribution is -0.162. The molecule has 1 aliphatic heterocycles. The second-order valence-electron chi connectivity index (χ2n) is 8.44. The molecule has 0 saturated heterocycles. The molecule has 2 aromatic carbocycles. The van der Waals surface area contributed by atoms with Crippen molar-refractivity contribution in [3.8, 4) is 5.75 Å². The van der Waals surface area contributed by atoms with Gasteiger partial charge in [0, 0.05) is 5.69 Å². The normalized spacial score (nSPS) is 16.2. The number of hydrogen-bond acceptors (Lipinski definition) is 4. The molecule has 1 heterocycles. The Hall–Kier alpha value is -3.40. The van der Waals surface area contributed by atoms with Gasteiger partial charge in [0.1, 0.15) is 23.1 Å². The van der Waals surface area contributed by atoms with Crippen LogP contribution in [0.5, 0.6) is 5.75 Å². The van der Waals surface area contributed by atoms with Crippen LogP contribution < -0.4 is 9.64 Å². The lowest BCUT2D eigenvalue weighted by Gasteiger charge is -2.28. The van der Waals surface area contributed by atoms with Crippen molar-refractivity contribution in [2.45, 2.75) is 45.8 Å². The summed E-state index contributed by atoms with van der Waals surface area (Å²) in [4.78, 5) is 31.3. The number of nitrogens with zero attached hydrogens (tertiary/aromatic N) is 2. The van der Waals surface area contributed by atoms with Crippen LogP contribution in [0.3, 0.4) is 0 Å². The maximum Gasteiger partial charge on any atom is 0.319 e. The van der Waals surface area contributed by atoms with Crippen LogP contribution in [-0.2, 0) is 27.3 Å². The number of methoxy groups -OCH3 is 1. The molecule has 0 spiro atoms. The van der Waals surface area contributed by atoms with E-state index in [1.54, 1.807) is 45.0 Å². The predicted octanol–water partition coefficient (Wildman–Crippen LogP) is 4.82. The Kier molecular flexibility index (Phi) is 6.30. The van der Waals surface area contributed by atoms with Gasteiger partial charge < -0.3 is 14.4 Å². The Morgan fingerprint density at radius 3 is 2.65 bits per heavy atom. The summed E-state index contributed by atoms with van der Waals surface area (Å²) < 4.78 is 24.6. The first kappa shape index (κ1) is 22.3. The number of esters is 1. The third-order valence-electron chi connectivity index (χ3n) is 4.98. The summed E-state index contributed by atoms with van der Waals surface area (Å²) in [5, 5.41) is 0. The van der Waals surface area contributed by atoms with Gasteiger partial charge in [-0.15, -0.1) is 0 Å². The van der Waals surface area contributed by atoms with Crippen molar-refractivity contribution in [1.82, 2.24) is 0 Å². The molecular formula is C24H25FN2O4. The molecule has 6 nitrogen and oxygen atoms in total. The van der Waals surface area contributed by atoms with Gasteiger partial charge in [-0.3, -0.25) is 9.59 Å². The van der Waals surface area contributed by atoms with Crippen molar-refractivity contribution < 1.29 is 23.5 Å². The van der Waals surface area contributed by atoms with E-state index in [0.717, 1.165) is 5.56 Å². The highest BCUT2D eigenvalue weighted by atomic mass is 19.1. The van der Waals surface area contributed by atoms with Gasteiger partial charge >= 0.3 is 5.97 Å². The Morgan fingerprint density at radius 2 is 2.03 bits per heavy atom. The summed E-state index contributed by atoms with van der Waals surface area (Å²) in [6, 6.07) is 9.29. The monoisotopic (exact) mass is 424 g/mol. The van der Waals surface area contributed by atoms with Gasteiger partial charge in [0.05, 0.1) is 20.2 Å². The molecule has 1 amide bonds. The Bertz CT molecular complexity index is 1050. The molecule has 0 fully saturated rings. The molecule has 1 aliphatic rings. The fraction of sp³-hybridized carbons (Fsp3) is 0.375. The molecule has 7 heteroatoms. The van der Waals surface area contributed by atoms with Gasteiger partial charge in [-0.1, -0.05) is 12.1 Å². The van der Waals surface area contributed by atoms with E-state index >= 15 is 0 Å². The lowest BCUT2D eigenvalue weighted by Crippen LogP contribution is -2.41. The highest BCUT2D eigenvalue weighted by Gasteiger charge is 2.38. The van der Waals surface area contributed by atoms with Gasteiger partial charge in [0.2, 0.25) is 11.6 Å². The van der Waals surface area contributed by atoms with Gasteiger partial charge in [-0.2, -0.15) is 0 Å². The predicted molar refractivity (Wildman–Crippen MR) is 115 cm³/mol. The first-order chi connectivity index (χ1) is 14.6. The highest BCUT2D eigenvalue weighted by molar-refractivity contribution is 6.07. The molecule has 0 saturated carbocycles. The Labute approximate surface area is 181 Å². The van der Waals surface area contributed by atoms with Crippen LogP contribution in [-0.4, -0.2) is 24.6 Å². The summed E-state index contributed by atoms with van der Waals surface area (Å²) >= 11 is 0. The summed E-state index contributed by atoms with van der Waals surface area (Å²) in [5.74, 6) is -2.09. The lowest BCUT2D eigenvalue weighted by atomic mass is 9.99. The maximum absolute atomic E-state index is 13.8. The average molecular weight is 424 g/mol. The molecule has 162 valence electrons. The van der Waals surface area contributed by atoms with Crippen LogP contribution in [0, 0.1) is 18.3 Å². The first-order valence-corrected chi connectivity index (χ1v) is 10.00. The van der Waals surface area contributed by atoms with Gasteiger partial charge in [0.25, 0.3) is 0 Å². The van der Waals surface area contributed by atoms with Crippen molar-refractivity contribution in [1.29, 1.82) is 0 Å². The number of amides is 1. The number of aryl methyl sites for hydroxylation is 1. The molecule has 0 N–H and O–H groups in total. The van der Waals surface area contributed by atoms with E-state index in [9.17, 15) is 14.0 Å². The second-order valence-corrected chi connectivity index (χ2v) is 8.44. The van der Waals surface area contributed by atoms with Crippen molar-refractivity contribution in [2.75, 3.05) is 12.0 Å². The van der Waals surface area contributed by atoms with E-state index in [1.807, 2.05) is 0 Å². The topological polar surface area (TPSA) is 60.2 Å². The number of rotatable bonds is 4. The minimum atomic E-state index is -0.998. The van der Waals surface area contributed by atoms with E-state index in [2.05, 4.69) is 4.85 Å². The van der Waals surface area contributed by atoms with Crippen LogP contribution in [0.15, 0.2) is 36.4 Å². The molecule has 31 heavy (non-hydrogen) atoms. The number of ether oxygens (including phenoxy) is 2. The van der Waals surface area contributed by atoms with Crippen LogP contribution in [0.2, 0.25) is 0 Å². The maximum atomic E-state index is 13.8. The molecule has 0 aliphatic carbocycles. The van der Waals surface area contributed by atoms with Gasteiger partial charge in [-0.25, -0.2) is 9.24 Å². The van der Waals surface area contributed by atoms with Crippen LogP contribution in [0.1, 0.15) is 38.3 Å². The zero-order valence-electron chi connectivity index (χ0n) is 18.1. The minimum absolute atomic E-state index is 0.0728. The highest BCUT2D eigenvalue weighted by Crippen LogP contribution is 2.40. The largest absolute Gasteiger partial charge is 0.508 e. The van der Waals surface area contributed by atoms with Crippen molar-refractivity contribution >= 4 is 23.3 Å². The van der Waals surface area contributed by atoms with Crippen molar-refractivity contribution in [3.63, 3.8) is 0 Å². The van der Waals surface area contributed by atoms with Crippen molar-refractivity contribution in [2.24, 2.45) is 5.92 Å². The zero-order valence-corrected chi connectivity index (χ0v) is 18.1. The molecule has 1 unspecified atom stereocenters. The average Bonchev–Trinajstić information content (AvgIpc) is 2.82. The molecule has 3 rings (SSSR count). The number of fused-ring (bicyclic) bond motifs is 1. The van der Waals surface area contributed by atoms with Crippen LogP contribution >= 0.6 is 0 Å². The van der Waals surface area contributed by atoms with E-state index in [-0.39, 0.29) is 13.0 Å². The van der Waals surface area contributed by atoms with Crippen molar-refractivity contribution in [3.05, 3.63) is 64.8 Å². The third-order valence-corrected chi connectivity index (χ3v) is 4.98. The molecule has 0 bridgehead atoms. The third kappa shape index (κ3) is 5.02. The molecule has 2 aromatic rings. The van der Waals surface area contributed by atoms with E-state index in [1.165, 1.54) is 24.1 Å². The number of halogens is 1. The summed E-state index contributed by atoms with van der Waals surface area (Å²) in [6.45, 7) is 12.7. The summed E-state index contributed by atoms with van der Waals surface area (Å²) in [6.07, 6.45) is 0.668. The molecule has 1 atom stereocenters. The number of carbonyl (C=O) groups excluding carboxylic acids is 2. The quantitative estimate of drug-likeness (QED) is 0.401.